The molecule has 2 atom stereocenters. The van der Waals surface area contributed by atoms with E-state index in [4.69, 9.17) is 11.6 Å². The summed E-state index contributed by atoms with van der Waals surface area (Å²) < 4.78 is 0.310. The van der Waals surface area contributed by atoms with Gasteiger partial charge in [0, 0.05) is 23.7 Å². The molecular formula is C15H19ClN3O+. The second-order valence-corrected chi connectivity index (χ2v) is 5.85. The van der Waals surface area contributed by atoms with Crippen molar-refractivity contribution < 1.29 is 4.79 Å². The Labute approximate surface area is 124 Å². The maximum absolute atomic E-state index is 12.6. The molecule has 1 fully saturated rings. The van der Waals surface area contributed by atoms with Crippen LogP contribution in [0.4, 0.5) is 10.5 Å². The van der Waals surface area contributed by atoms with Crippen LogP contribution in [0.3, 0.4) is 0 Å². The minimum absolute atomic E-state index is 0.0485. The van der Waals surface area contributed by atoms with Crippen LogP contribution in [0, 0.1) is 0 Å². The lowest BCUT2D eigenvalue weighted by Gasteiger charge is -2.41. The third kappa shape index (κ3) is 2.04. The maximum atomic E-state index is 12.6. The van der Waals surface area contributed by atoms with Crippen LogP contribution in [0.25, 0.3) is 0 Å². The van der Waals surface area contributed by atoms with Gasteiger partial charge < -0.3 is 0 Å². The molecule has 5 heteroatoms. The van der Waals surface area contributed by atoms with Gasteiger partial charge in [-0.15, -0.1) is 0 Å². The molecule has 20 heavy (non-hydrogen) atoms. The monoisotopic (exact) mass is 292 g/mol. The summed E-state index contributed by atoms with van der Waals surface area (Å²) in [6.45, 7) is 2.45. The zero-order chi connectivity index (χ0) is 14.2. The molecule has 1 aromatic rings. The Kier molecular flexibility index (Phi) is 3.54. The number of nitrogens with zero attached hydrogens (tertiary/aromatic N) is 2. The molecule has 2 aliphatic heterocycles. The number of hydrogen-bond donors (Lipinski definition) is 1. The predicted molar refractivity (Wildman–Crippen MR) is 81.7 cm³/mol. The molecule has 2 aliphatic rings. The zero-order valence-electron chi connectivity index (χ0n) is 11.6. The molecule has 2 amide bonds. The van der Waals surface area contributed by atoms with Gasteiger partial charge in [-0.25, -0.2) is 4.79 Å². The largest absolute Gasteiger partial charge is 0.423 e. The molecule has 1 saturated heterocycles. The van der Waals surface area contributed by atoms with Gasteiger partial charge in [0.25, 0.3) is 0 Å². The Balaban J connectivity index is 2.09. The van der Waals surface area contributed by atoms with Gasteiger partial charge in [-0.05, 0) is 31.7 Å². The Bertz CT molecular complexity index is 543. The molecule has 0 bridgehead atoms. The van der Waals surface area contributed by atoms with E-state index in [2.05, 4.69) is 29.4 Å². The normalized spacial score (nSPS) is 30.5. The van der Waals surface area contributed by atoms with Crippen LogP contribution in [0.1, 0.15) is 6.42 Å². The molecule has 0 aliphatic carbocycles. The van der Waals surface area contributed by atoms with Crippen molar-refractivity contribution in [1.82, 2.24) is 14.7 Å². The van der Waals surface area contributed by atoms with Gasteiger partial charge in [0.2, 0.25) is 0 Å². The number of carbonyl (C=O) groups is 1. The summed E-state index contributed by atoms with van der Waals surface area (Å²) in [5, 5.41) is 3.67. The fourth-order valence-corrected chi connectivity index (χ4v) is 3.33. The number of rotatable bonds is 2. The van der Waals surface area contributed by atoms with E-state index in [1.165, 1.54) is 0 Å². The van der Waals surface area contributed by atoms with Crippen LogP contribution in [-0.4, -0.2) is 43.8 Å². The van der Waals surface area contributed by atoms with Crippen molar-refractivity contribution in [2.45, 2.75) is 12.6 Å². The maximum Gasteiger partial charge on any atom is 0.423 e. The molecule has 0 saturated carbocycles. The molecule has 0 spiro atoms. The first kappa shape index (κ1) is 13.6. The lowest BCUT2D eigenvalue weighted by atomic mass is 10.1. The van der Waals surface area contributed by atoms with Gasteiger partial charge >= 0.3 is 6.03 Å². The van der Waals surface area contributed by atoms with Crippen LogP contribution >= 0.6 is 11.6 Å². The molecule has 0 aromatic heterocycles. The number of halogens is 1. The quantitative estimate of drug-likeness (QED) is 0.671. The van der Waals surface area contributed by atoms with Gasteiger partial charge in [-0.2, -0.15) is 4.48 Å². The van der Waals surface area contributed by atoms with Crippen molar-refractivity contribution in [1.29, 1.82) is 0 Å². The number of amides is 2. The minimum atomic E-state index is 0.0485. The highest BCUT2D eigenvalue weighted by Gasteiger charge is 2.51. The fraction of sp³-hybridized carbons (Fsp3) is 0.400. The van der Waals surface area contributed by atoms with Crippen LogP contribution in [0.2, 0.25) is 5.02 Å². The summed E-state index contributed by atoms with van der Waals surface area (Å²) >= 11 is 5.98. The van der Waals surface area contributed by atoms with E-state index < -0.39 is 0 Å². The summed E-state index contributed by atoms with van der Waals surface area (Å²) in [6.07, 6.45) is 5.41. The lowest BCUT2D eigenvalue weighted by Crippen LogP contribution is -2.64. The van der Waals surface area contributed by atoms with E-state index in [0.717, 1.165) is 25.2 Å². The van der Waals surface area contributed by atoms with Crippen molar-refractivity contribution in [3.05, 3.63) is 41.4 Å². The molecule has 2 heterocycles. The Hall–Kier alpha value is -1.36. The first-order valence-electron chi connectivity index (χ1n) is 6.94. The lowest BCUT2D eigenvalue weighted by molar-refractivity contribution is 0.130. The van der Waals surface area contributed by atoms with Crippen LogP contribution in [0.5, 0.6) is 0 Å². The number of likely N-dealkylation sites (N-methyl/N-ethyl adjacent to an activating group) is 1. The SMILES string of the molecule is CN1CCC=CC1[N+]1(c2ccc(Cl)cc2)CCNC1=O. The molecule has 106 valence electrons. The molecule has 2 unspecified atom stereocenters. The zero-order valence-corrected chi connectivity index (χ0v) is 12.3. The van der Waals surface area contributed by atoms with E-state index >= 15 is 0 Å². The summed E-state index contributed by atoms with van der Waals surface area (Å²) in [6, 6.07) is 7.70. The molecular weight excluding hydrogens is 274 g/mol. The van der Waals surface area contributed by atoms with E-state index in [1.807, 2.05) is 24.3 Å². The minimum Gasteiger partial charge on any atom is -0.299 e. The second kappa shape index (κ2) is 5.20. The Morgan fingerprint density at radius 1 is 1.35 bits per heavy atom. The van der Waals surface area contributed by atoms with Gasteiger partial charge in [-0.3, -0.25) is 10.2 Å². The summed E-state index contributed by atoms with van der Waals surface area (Å²) in [4.78, 5) is 14.8. The van der Waals surface area contributed by atoms with Gasteiger partial charge in [0.05, 0.1) is 6.54 Å². The van der Waals surface area contributed by atoms with Crippen LogP contribution in [-0.2, 0) is 0 Å². The number of carbonyl (C=O) groups excluding carboxylic acids is 1. The number of urea groups is 1. The first-order valence-corrected chi connectivity index (χ1v) is 7.31. The van der Waals surface area contributed by atoms with E-state index in [9.17, 15) is 4.79 Å². The molecule has 1 aromatic carbocycles. The van der Waals surface area contributed by atoms with E-state index in [1.54, 1.807) is 0 Å². The van der Waals surface area contributed by atoms with Crippen molar-refractivity contribution in [3.8, 4) is 0 Å². The number of quaternary nitrogens is 1. The topological polar surface area (TPSA) is 32.3 Å². The predicted octanol–water partition coefficient (Wildman–Crippen LogP) is 2.59. The average Bonchev–Trinajstić information content (AvgIpc) is 2.83. The molecule has 4 nitrogen and oxygen atoms in total. The van der Waals surface area contributed by atoms with E-state index in [-0.39, 0.29) is 12.2 Å². The first-order chi connectivity index (χ1) is 9.64. The van der Waals surface area contributed by atoms with Crippen LogP contribution in [0.15, 0.2) is 36.4 Å². The van der Waals surface area contributed by atoms with Gasteiger partial charge in [0.1, 0.15) is 12.2 Å². The van der Waals surface area contributed by atoms with Crippen LogP contribution < -0.4 is 9.80 Å². The van der Waals surface area contributed by atoms with Gasteiger partial charge in [-0.1, -0.05) is 17.7 Å². The third-order valence-corrected chi connectivity index (χ3v) is 4.50. The average molecular weight is 293 g/mol. The van der Waals surface area contributed by atoms with Crippen molar-refractivity contribution >= 4 is 23.3 Å². The highest BCUT2D eigenvalue weighted by atomic mass is 35.5. The van der Waals surface area contributed by atoms with Crippen molar-refractivity contribution in [2.24, 2.45) is 0 Å². The molecule has 0 radical (unpaired) electrons. The molecule has 3 rings (SSSR count). The number of hydrogen-bond acceptors (Lipinski definition) is 2. The number of nitrogens with one attached hydrogen (secondary N) is 1. The summed E-state index contributed by atoms with van der Waals surface area (Å²) in [5.41, 5.74) is 0.993. The second-order valence-electron chi connectivity index (χ2n) is 5.41. The smallest absolute Gasteiger partial charge is 0.299 e. The van der Waals surface area contributed by atoms with Crippen molar-refractivity contribution in [2.75, 3.05) is 26.7 Å². The fourth-order valence-electron chi connectivity index (χ4n) is 3.20. The van der Waals surface area contributed by atoms with E-state index in [0.29, 0.717) is 16.1 Å². The van der Waals surface area contributed by atoms with Crippen molar-refractivity contribution in [3.63, 3.8) is 0 Å². The molecule has 1 N–H and O–H groups in total. The highest BCUT2D eigenvalue weighted by molar-refractivity contribution is 6.30. The summed E-state index contributed by atoms with van der Waals surface area (Å²) in [5.74, 6) is 0. The Morgan fingerprint density at radius 2 is 2.10 bits per heavy atom. The third-order valence-electron chi connectivity index (χ3n) is 4.25. The van der Waals surface area contributed by atoms with Gasteiger partial charge in [0.15, 0.2) is 6.17 Å². The summed E-state index contributed by atoms with van der Waals surface area (Å²) in [7, 11) is 2.08. The standard InChI is InChI=1S/C15H18ClN3O/c1-18-10-3-2-4-14(18)19(11-9-17-15(19)20)13-7-5-12(16)6-8-13/h2,4-8,14H,3,9-11H2,1H3/p+1. The highest BCUT2D eigenvalue weighted by Crippen LogP contribution is 2.33. The number of benzene rings is 1. The Morgan fingerprint density at radius 3 is 2.70 bits per heavy atom.